The number of hydrogen-bond donors (Lipinski definition) is 1. The number of ether oxygens (including phenoxy) is 1. The number of halogens is 2. The largest absolute Gasteiger partial charge is 0.477 e. The number of nitrogens with zero attached hydrogens (tertiary/aromatic N) is 1. The molecule has 1 aliphatic rings. The molecule has 0 fully saturated rings. The molecule has 1 aromatic rings. The average molecular weight is 324 g/mol. The van der Waals surface area contributed by atoms with Crippen LogP contribution in [0.4, 0.5) is 8.78 Å². The van der Waals surface area contributed by atoms with Crippen LogP contribution in [0.1, 0.15) is 32.8 Å². The quantitative estimate of drug-likeness (QED) is 0.875. The lowest BCUT2D eigenvalue weighted by Crippen LogP contribution is -2.44. The Kier molecular flexibility index (Phi) is 5.69. The van der Waals surface area contributed by atoms with Gasteiger partial charge in [-0.1, -0.05) is 26.3 Å². The van der Waals surface area contributed by atoms with Crippen molar-refractivity contribution in [2.75, 3.05) is 6.61 Å². The van der Waals surface area contributed by atoms with Gasteiger partial charge in [-0.3, -0.25) is 4.79 Å². The Morgan fingerprint density at radius 2 is 2.09 bits per heavy atom. The molecule has 1 heterocycles. The minimum atomic E-state index is -0.575. The molecule has 2 rings (SSSR count). The molecular formula is C17H22F2N2O2. The van der Waals surface area contributed by atoms with E-state index in [1.165, 1.54) is 25.1 Å². The summed E-state index contributed by atoms with van der Waals surface area (Å²) in [4.78, 5) is 15.8. The maximum atomic E-state index is 13.7. The van der Waals surface area contributed by atoms with Crippen LogP contribution in [-0.4, -0.2) is 30.5 Å². The van der Waals surface area contributed by atoms with E-state index in [9.17, 15) is 13.6 Å². The molecule has 1 amide bonds. The van der Waals surface area contributed by atoms with Crippen LogP contribution in [-0.2, 0) is 16.0 Å². The van der Waals surface area contributed by atoms with Crippen molar-refractivity contribution in [3.8, 4) is 0 Å². The molecule has 23 heavy (non-hydrogen) atoms. The summed E-state index contributed by atoms with van der Waals surface area (Å²) in [5.41, 5.74) is 0.0192. The van der Waals surface area contributed by atoms with Crippen molar-refractivity contribution in [2.45, 2.75) is 45.7 Å². The molecule has 0 bridgehead atoms. The van der Waals surface area contributed by atoms with Crippen molar-refractivity contribution in [3.05, 3.63) is 35.4 Å². The molecule has 2 unspecified atom stereocenters. The molecule has 0 aromatic heterocycles. The first kappa shape index (κ1) is 17.4. The van der Waals surface area contributed by atoms with E-state index in [0.717, 1.165) is 6.42 Å². The number of aliphatic imine (C=N–C) groups is 1. The lowest BCUT2D eigenvalue weighted by molar-refractivity contribution is -0.119. The van der Waals surface area contributed by atoms with E-state index in [-0.39, 0.29) is 42.5 Å². The first-order valence-corrected chi connectivity index (χ1v) is 7.82. The lowest BCUT2D eigenvalue weighted by Gasteiger charge is -2.22. The minimum absolute atomic E-state index is 0.0192. The highest BCUT2D eigenvalue weighted by atomic mass is 19.1. The third kappa shape index (κ3) is 4.27. The fourth-order valence-corrected chi connectivity index (χ4v) is 2.58. The second-order valence-corrected chi connectivity index (χ2v) is 5.90. The molecule has 1 N–H and O–H groups in total. The summed E-state index contributed by atoms with van der Waals surface area (Å²) in [7, 11) is 0. The van der Waals surface area contributed by atoms with Gasteiger partial charge in [0.2, 0.25) is 11.8 Å². The Bertz CT molecular complexity index is 584. The summed E-state index contributed by atoms with van der Waals surface area (Å²) < 4.78 is 33.1. The summed E-state index contributed by atoms with van der Waals surface area (Å²) >= 11 is 0. The monoisotopic (exact) mass is 324 g/mol. The lowest BCUT2D eigenvalue weighted by atomic mass is 9.99. The van der Waals surface area contributed by atoms with Gasteiger partial charge >= 0.3 is 0 Å². The summed E-state index contributed by atoms with van der Waals surface area (Å²) in [6.45, 7) is 5.71. The topological polar surface area (TPSA) is 50.7 Å². The zero-order valence-corrected chi connectivity index (χ0v) is 13.6. The highest BCUT2D eigenvalue weighted by molar-refractivity contribution is 5.88. The minimum Gasteiger partial charge on any atom is -0.477 e. The molecule has 0 aliphatic carbocycles. The Morgan fingerprint density at radius 3 is 2.65 bits per heavy atom. The summed E-state index contributed by atoms with van der Waals surface area (Å²) in [5.74, 6) is -0.717. The van der Waals surface area contributed by atoms with Crippen molar-refractivity contribution in [2.24, 2.45) is 10.9 Å². The summed E-state index contributed by atoms with van der Waals surface area (Å²) in [5, 5.41) is 2.84. The van der Waals surface area contributed by atoms with E-state index in [1.807, 2.05) is 13.8 Å². The molecule has 0 saturated heterocycles. The Hall–Kier alpha value is -1.98. The van der Waals surface area contributed by atoms with Crippen molar-refractivity contribution in [1.29, 1.82) is 0 Å². The molecular weight excluding hydrogens is 302 g/mol. The summed E-state index contributed by atoms with van der Waals surface area (Å²) in [6, 6.07) is 3.14. The molecule has 1 aliphatic heterocycles. The average Bonchev–Trinajstić information content (AvgIpc) is 2.96. The van der Waals surface area contributed by atoms with Crippen LogP contribution in [0.2, 0.25) is 0 Å². The number of rotatable bonds is 6. The van der Waals surface area contributed by atoms with E-state index in [4.69, 9.17) is 4.74 Å². The van der Waals surface area contributed by atoms with Gasteiger partial charge < -0.3 is 10.1 Å². The van der Waals surface area contributed by atoms with Crippen molar-refractivity contribution in [1.82, 2.24) is 5.32 Å². The number of carbonyl (C=O) groups is 1. The highest BCUT2D eigenvalue weighted by Gasteiger charge is 2.30. The number of nitrogens with one attached hydrogen (secondary N) is 1. The summed E-state index contributed by atoms with van der Waals surface area (Å²) in [6.07, 6.45) is 0.981. The zero-order valence-electron chi connectivity index (χ0n) is 13.6. The molecule has 6 heteroatoms. The second-order valence-electron chi connectivity index (χ2n) is 5.90. The fraction of sp³-hybridized carbons (Fsp3) is 0.529. The van der Waals surface area contributed by atoms with Gasteiger partial charge in [0, 0.05) is 18.9 Å². The maximum Gasteiger partial charge on any atom is 0.217 e. The third-order valence-electron chi connectivity index (χ3n) is 4.07. The van der Waals surface area contributed by atoms with Gasteiger partial charge in [0.05, 0.1) is 6.04 Å². The number of hydrogen-bond acceptors (Lipinski definition) is 3. The molecule has 3 atom stereocenters. The maximum absolute atomic E-state index is 13.7. The Labute approximate surface area is 134 Å². The number of amides is 1. The SMILES string of the molecule is CCC(C)C(NC(C)=O)C1=N[C@@H](Cc2c(F)cccc2F)CO1. The first-order chi connectivity index (χ1) is 10.9. The fourth-order valence-electron chi connectivity index (χ4n) is 2.58. The van der Waals surface area contributed by atoms with Gasteiger partial charge in [-0.25, -0.2) is 13.8 Å². The van der Waals surface area contributed by atoms with Gasteiger partial charge in [0.25, 0.3) is 0 Å². The smallest absolute Gasteiger partial charge is 0.217 e. The van der Waals surface area contributed by atoms with Gasteiger partial charge in [-0.15, -0.1) is 0 Å². The highest BCUT2D eigenvalue weighted by Crippen LogP contribution is 2.20. The van der Waals surface area contributed by atoms with Crippen molar-refractivity contribution < 1.29 is 18.3 Å². The van der Waals surface area contributed by atoms with Gasteiger partial charge in [0.15, 0.2) is 0 Å². The van der Waals surface area contributed by atoms with Crippen molar-refractivity contribution >= 4 is 11.8 Å². The Balaban J connectivity index is 2.14. The van der Waals surface area contributed by atoms with E-state index in [0.29, 0.717) is 5.90 Å². The van der Waals surface area contributed by atoms with Crippen LogP contribution in [0.5, 0.6) is 0 Å². The van der Waals surface area contributed by atoms with Gasteiger partial charge in [-0.2, -0.15) is 0 Å². The van der Waals surface area contributed by atoms with Crippen LogP contribution in [0.3, 0.4) is 0 Å². The molecule has 126 valence electrons. The van der Waals surface area contributed by atoms with Gasteiger partial charge in [-0.05, 0) is 18.1 Å². The van der Waals surface area contributed by atoms with Crippen LogP contribution >= 0.6 is 0 Å². The molecule has 4 nitrogen and oxygen atoms in total. The van der Waals surface area contributed by atoms with Crippen LogP contribution in [0, 0.1) is 17.6 Å². The number of carbonyl (C=O) groups excluding carboxylic acids is 1. The predicted molar refractivity (Wildman–Crippen MR) is 84.3 cm³/mol. The Morgan fingerprint density at radius 1 is 1.43 bits per heavy atom. The third-order valence-corrected chi connectivity index (χ3v) is 4.07. The van der Waals surface area contributed by atoms with Gasteiger partial charge in [0.1, 0.15) is 24.3 Å². The van der Waals surface area contributed by atoms with Crippen LogP contribution in [0.25, 0.3) is 0 Å². The normalized spacial score (nSPS) is 19.7. The van der Waals surface area contributed by atoms with Crippen LogP contribution < -0.4 is 5.32 Å². The molecule has 1 aromatic carbocycles. The van der Waals surface area contributed by atoms with E-state index >= 15 is 0 Å². The standard InChI is InChI=1S/C17H22F2N2O2/c1-4-10(2)16(20-11(3)22)17-21-12(9-23-17)8-13-14(18)6-5-7-15(13)19/h5-7,10,12,16H,4,8-9H2,1-3H3,(H,20,22)/t10?,12-,16?/m0/s1. The second kappa shape index (κ2) is 7.53. The van der Waals surface area contributed by atoms with E-state index in [2.05, 4.69) is 10.3 Å². The molecule has 0 radical (unpaired) electrons. The molecule has 0 saturated carbocycles. The van der Waals surface area contributed by atoms with E-state index in [1.54, 1.807) is 0 Å². The number of benzene rings is 1. The first-order valence-electron chi connectivity index (χ1n) is 7.82. The zero-order chi connectivity index (χ0) is 17.0. The predicted octanol–water partition coefficient (Wildman–Crippen LogP) is 2.86. The molecule has 0 spiro atoms. The van der Waals surface area contributed by atoms with Crippen molar-refractivity contribution in [3.63, 3.8) is 0 Å². The van der Waals surface area contributed by atoms with E-state index < -0.39 is 11.6 Å². The van der Waals surface area contributed by atoms with Crippen LogP contribution in [0.15, 0.2) is 23.2 Å².